The van der Waals surface area contributed by atoms with Gasteiger partial charge in [0, 0.05) is 17.8 Å². The maximum Gasteiger partial charge on any atom is 0.220 e. The molecule has 0 radical (unpaired) electrons. The number of thiophene rings is 1. The number of carbonyl (C=O) groups excluding carboxylic acids is 1. The Labute approximate surface area is 193 Å². The van der Waals surface area contributed by atoms with Crippen molar-refractivity contribution in [2.75, 3.05) is 6.54 Å². The SMILES string of the molecule is CCC=CCC=CCC=CCC=CCC=CCC=CCCC(=O)NCCc1cccs1. The molecule has 0 saturated heterocycles. The first-order valence-corrected chi connectivity index (χ1v) is 12.4. The van der Waals surface area contributed by atoms with Crippen LogP contribution in [0.4, 0.5) is 0 Å². The van der Waals surface area contributed by atoms with E-state index in [1.54, 1.807) is 11.3 Å². The van der Waals surface area contributed by atoms with Gasteiger partial charge in [0.25, 0.3) is 0 Å². The summed E-state index contributed by atoms with van der Waals surface area (Å²) in [7, 11) is 0. The predicted octanol–water partition coefficient (Wildman–Crippen LogP) is 7.88. The van der Waals surface area contributed by atoms with Gasteiger partial charge in [-0.1, -0.05) is 85.9 Å². The molecule has 1 aromatic rings. The van der Waals surface area contributed by atoms with E-state index in [-0.39, 0.29) is 5.91 Å². The first kappa shape index (κ1) is 26.6. The molecule has 2 nitrogen and oxygen atoms in total. The minimum atomic E-state index is 0.135. The minimum Gasteiger partial charge on any atom is -0.356 e. The maximum atomic E-state index is 11.8. The van der Waals surface area contributed by atoms with E-state index in [0.29, 0.717) is 6.42 Å². The normalized spacial score (nSPS) is 12.7. The van der Waals surface area contributed by atoms with E-state index < -0.39 is 0 Å². The Balaban J connectivity index is 1.93. The van der Waals surface area contributed by atoms with Crippen LogP contribution in [0.15, 0.2) is 90.4 Å². The summed E-state index contributed by atoms with van der Waals surface area (Å²) in [6, 6.07) is 4.15. The molecular weight excluding hydrogens is 398 g/mol. The summed E-state index contributed by atoms with van der Waals surface area (Å²) >= 11 is 1.74. The molecule has 0 aliphatic heterocycles. The van der Waals surface area contributed by atoms with Crippen molar-refractivity contribution in [1.29, 1.82) is 0 Å². The fraction of sp³-hybridized carbons (Fsp3) is 0.393. The van der Waals surface area contributed by atoms with Crippen LogP contribution < -0.4 is 5.32 Å². The Bertz CT molecular complexity index is 720. The van der Waals surface area contributed by atoms with E-state index in [2.05, 4.69) is 96.6 Å². The lowest BCUT2D eigenvalue weighted by Crippen LogP contribution is -2.24. The Hall–Kier alpha value is -2.39. The van der Waals surface area contributed by atoms with Crippen molar-refractivity contribution < 1.29 is 4.79 Å². The largest absolute Gasteiger partial charge is 0.356 e. The molecule has 0 saturated carbocycles. The molecule has 168 valence electrons. The highest BCUT2D eigenvalue weighted by Gasteiger charge is 1.99. The maximum absolute atomic E-state index is 11.8. The molecule has 1 heterocycles. The first-order valence-electron chi connectivity index (χ1n) is 11.5. The van der Waals surface area contributed by atoms with E-state index in [9.17, 15) is 4.79 Å². The molecule has 0 aromatic carbocycles. The summed E-state index contributed by atoms with van der Waals surface area (Å²) in [5, 5.41) is 5.05. The van der Waals surface area contributed by atoms with Crippen LogP contribution in [-0.4, -0.2) is 12.5 Å². The molecule has 0 aliphatic carbocycles. The van der Waals surface area contributed by atoms with Crippen molar-refractivity contribution >= 4 is 17.2 Å². The number of amides is 1. The highest BCUT2D eigenvalue weighted by atomic mass is 32.1. The number of carbonyl (C=O) groups is 1. The second-order valence-electron chi connectivity index (χ2n) is 7.13. The third-order valence-corrected chi connectivity index (χ3v) is 5.34. The number of hydrogen-bond acceptors (Lipinski definition) is 2. The number of hydrogen-bond donors (Lipinski definition) is 1. The zero-order valence-corrected chi connectivity index (χ0v) is 19.9. The summed E-state index contributed by atoms with van der Waals surface area (Å²) in [5.41, 5.74) is 0. The van der Waals surface area contributed by atoms with E-state index in [4.69, 9.17) is 0 Å². The van der Waals surface area contributed by atoms with Crippen LogP contribution in [0.25, 0.3) is 0 Å². The van der Waals surface area contributed by atoms with Crippen molar-refractivity contribution in [1.82, 2.24) is 5.32 Å². The predicted molar refractivity (Wildman–Crippen MR) is 138 cm³/mol. The monoisotopic (exact) mass is 437 g/mol. The molecule has 0 atom stereocenters. The van der Waals surface area contributed by atoms with Crippen LogP contribution >= 0.6 is 11.3 Å². The summed E-state index contributed by atoms with van der Waals surface area (Å²) in [6.07, 6.45) is 34.6. The van der Waals surface area contributed by atoms with E-state index in [1.807, 2.05) is 6.07 Å². The highest BCUT2D eigenvalue weighted by molar-refractivity contribution is 7.09. The van der Waals surface area contributed by atoms with Gasteiger partial charge in [-0.05, 0) is 62.8 Å². The standard InChI is InChI=1S/C28H39NOS/c1-2-3-4-5-6-7-8-9-10-11-12-13-14-15-16-17-18-19-20-23-28(30)29-25-24-27-22-21-26-31-27/h3-4,6-7,9-10,12-13,15-16,18-19,21-22,26H,2,5,8,11,14,17,20,23-25H2,1H3,(H,29,30). The molecular formula is C28H39NOS. The summed E-state index contributed by atoms with van der Waals surface area (Å²) in [4.78, 5) is 13.1. The molecule has 1 amide bonds. The van der Waals surface area contributed by atoms with Gasteiger partial charge >= 0.3 is 0 Å². The molecule has 1 rings (SSSR count). The molecule has 1 aromatic heterocycles. The van der Waals surface area contributed by atoms with Gasteiger partial charge in [0.2, 0.25) is 5.91 Å². The van der Waals surface area contributed by atoms with Crippen molar-refractivity contribution in [3.63, 3.8) is 0 Å². The fourth-order valence-electron chi connectivity index (χ4n) is 2.72. The molecule has 0 fully saturated rings. The van der Waals surface area contributed by atoms with Gasteiger partial charge in [-0.3, -0.25) is 4.79 Å². The second-order valence-corrected chi connectivity index (χ2v) is 8.17. The van der Waals surface area contributed by atoms with Crippen molar-refractivity contribution in [2.24, 2.45) is 0 Å². The third kappa shape index (κ3) is 18.1. The van der Waals surface area contributed by atoms with E-state index >= 15 is 0 Å². The van der Waals surface area contributed by atoms with Crippen molar-refractivity contribution in [3.05, 3.63) is 95.3 Å². The fourth-order valence-corrected chi connectivity index (χ4v) is 3.43. The van der Waals surface area contributed by atoms with Crippen LogP contribution in [0.3, 0.4) is 0 Å². The van der Waals surface area contributed by atoms with Gasteiger partial charge in [0.15, 0.2) is 0 Å². The average Bonchev–Trinajstić information content (AvgIpc) is 3.29. The summed E-state index contributed by atoms with van der Waals surface area (Å²) in [5.74, 6) is 0.135. The molecule has 0 unspecified atom stereocenters. The average molecular weight is 438 g/mol. The minimum absolute atomic E-state index is 0.135. The Kier molecular flexibility index (Phi) is 17.9. The lowest BCUT2D eigenvalue weighted by atomic mass is 10.2. The number of allylic oxidation sites excluding steroid dienone is 12. The highest BCUT2D eigenvalue weighted by Crippen LogP contribution is 2.08. The summed E-state index contributed by atoms with van der Waals surface area (Å²) < 4.78 is 0. The molecule has 0 bridgehead atoms. The van der Waals surface area contributed by atoms with Crippen LogP contribution in [-0.2, 0) is 11.2 Å². The van der Waals surface area contributed by atoms with Gasteiger partial charge in [-0.25, -0.2) is 0 Å². The van der Waals surface area contributed by atoms with Gasteiger partial charge < -0.3 is 5.32 Å². The van der Waals surface area contributed by atoms with Gasteiger partial charge in [-0.15, -0.1) is 11.3 Å². The van der Waals surface area contributed by atoms with E-state index in [1.165, 1.54) is 4.88 Å². The van der Waals surface area contributed by atoms with Gasteiger partial charge in [-0.2, -0.15) is 0 Å². The molecule has 31 heavy (non-hydrogen) atoms. The molecule has 0 spiro atoms. The van der Waals surface area contributed by atoms with Crippen LogP contribution in [0.5, 0.6) is 0 Å². The van der Waals surface area contributed by atoms with Gasteiger partial charge in [0.1, 0.15) is 0 Å². The second kappa shape index (κ2) is 20.9. The first-order chi connectivity index (χ1) is 15.3. The Morgan fingerprint density at radius 2 is 1.32 bits per heavy atom. The Morgan fingerprint density at radius 1 is 0.806 bits per heavy atom. The Morgan fingerprint density at radius 3 is 1.81 bits per heavy atom. The van der Waals surface area contributed by atoms with Crippen LogP contribution in [0.2, 0.25) is 0 Å². The van der Waals surface area contributed by atoms with Gasteiger partial charge in [0.05, 0.1) is 0 Å². The quantitative estimate of drug-likeness (QED) is 0.247. The molecule has 3 heteroatoms. The smallest absolute Gasteiger partial charge is 0.220 e. The number of nitrogens with one attached hydrogen (secondary N) is 1. The van der Waals surface area contributed by atoms with Crippen molar-refractivity contribution in [2.45, 2.75) is 64.7 Å². The zero-order valence-electron chi connectivity index (χ0n) is 19.0. The van der Waals surface area contributed by atoms with Crippen molar-refractivity contribution in [3.8, 4) is 0 Å². The van der Waals surface area contributed by atoms with E-state index in [0.717, 1.165) is 57.9 Å². The lowest BCUT2D eigenvalue weighted by Gasteiger charge is -2.02. The molecule has 0 aliphatic rings. The lowest BCUT2D eigenvalue weighted by molar-refractivity contribution is -0.120. The van der Waals surface area contributed by atoms with Crippen LogP contribution in [0, 0.1) is 0 Å². The zero-order chi connectivity index (χ0) is 22.2. The topological polar surface area (TPSA) is 29.1 Å². The van der Waals surface area contributed by atoms with Crippen LogP contribution in [0.1, 0.15) is 63.2 Å². The third-order valence-electron chi connectivity index (χ3n) is 4.41. The summed E-state index contributed by atoms with van der Waals surface area (Å²) in [6.45, 7) is 2.88. The molecule has 1 N–H and O–H groups in total. The number of rotatable bonds is 17.